The molecular weight excluding hydrogens is 360 g/mol. The monoisotopic (exact) mass is 374 g/mol. The number of amides is 2. The van der Waals surface area contributed by atoms with Crippen LogP contribution in [-0.4, -0.2) is 24.4 Å². The van der Waals surface area contributed by atoms with Crippen LogP contribution in [0.25, 0.3) is 10.1 Å². The summed E-state index contributed by atoms with van der Waals surface area (Å²) >= 11 is 2.50. The number of rotatable bonds is 5. The van der Waals surface area contributed by atoms with Gasteiger partial charge in [0.1, 0.15) is 9.88 Å². The second-order valence-corrected chi connectivity index (χ2v) is 7.17. The van der Waals surface area contributed by atoms with Gasteiger partial charge in [0.2, 0.25) is 0 Å². The van der Waals surface area contributed by atoms with E-state index in [0.29, 0.717) is 9.88 Å². The predicted octanol–water partition coefficient (Wildman–Crippen LogP) is 3.17. The molecular formula is C17H14N2O4S2. The molecule has 0 aliphatic heterocycles. The summed E-state index contributed by atoms with van der Waals surface area (Å²) in [6.45, 7) is 1.41. The zero-order valence-electron chi connectivity index (χ0n) is 13.2. The van der Waals surface area contributed by atoms with Crippen LogP contribution in [0, 0.1) is 6.92 Å². The highest BCUT2D eigenvalue weighted by Gasteiger charge is 2.18. The van der Waals surface area contributed by atoms with Crippen LogP contribution in [-0.2, 0) is 9.53 Å². The predicted molar refractivity (Wildman–Crippen MR) is 98.3 cm³/mol. The van der Waals surface area contributed by atoms with Crippen molar-refractivity contribution in [2.75, 3.05) is 11.9 Å². The van der Waals surface area contributed by atoms with E-state index in [-0.39, 0.29) is 5.56 Å². The first-order valence-electron chi connectivity index (χ1n) is 7.29. The number of ether oxygens (including phenoxy) is 1. The van der Waals surface area contributed by atoms with Gasteiger partial charge in [0.15, 0.2) is 6.61 Å². The zero-order valence-corrected chi connectivity index (χ0v) is 14.8. The molecule has 0 aliphatic carbocycles. The van der Waals surface area contributed by atoms with Crippen molar-refractivity contribution in [1.29, 1.82) is 0 Å². The van der Waals surface area contributed by atoms with Crippen molar-refractivity contribution in [3.05, 3.63) is 51.7 Å². The lowest BCUT2D eigenvalue weighted by molar-refractivity contribution is -0.119. The van der Waals surface area contributed by atoms with E-state index in [9.17, 15) is 14.4 Å². The van der Waals surface area contributed by atoms with E-state index < -0.39 is 24.4 Å². The number of hydrogen-bond acceptors (Lipinski definition) is 6. The first kappa shape index (κ1) is 17.1. The van der Waals surface area contributed by atoms with Gasteiger partial charge in [0.25, 0.3) is 11.8 Å². The highest BCUT2D eigenvalue weighted by atomic mass is 32.1. The number of thiophene rings is 2. The average molecular weight is 374 g/mol. The molecule has 3 N–H and O–H groups in total. The molecule has 0 atom stereocenters. The van der Waals surface area contributed by atoms with E-state index in [2.05, 4.69) is 5.32 Å². The molecule has 0 unspecified atom stereocenters. The number of hydrogen-bond donors (Lipinski definition) is 2. The Bertz CT molecular complexity index is 974. The van der Waals surface area contributed by atoms with Gasteiger partial charge in [-0.3, -0.25) is 9.59 Å². The zero-order chi connectivity index (χ0) is 18.0. The Morgan fingerprint density at radius 2 is 1.96 bits per heavy atom. The molecule has 0 bridgehead atoms. The Morgan fingerprint density at radius 1 is 1.20 bits per heavy atom. The molecule has 6 nitrogen and oxygen atoms in total. The standard InChI is InChI=1S/C17H14N2O4S2/c1-9-10-4-2-3-5-12(10)25-14(9)17(22)23-8-13(20)19-16-11(15(18)21)6-7-24-16/h2-7H,8H2,1H3,(H2,18,21)(H,19,20). The molecule has 128 valence electrons. The number of carbonyl (C=O) groups excluding carboxylic acids is 3. The Balaban J connectivity index is 1.65. The van der Waals surface area contributed by atoms with E-state index >= 15 is 0 Å². The highest BCUT2D eigenvalue weighted by Crippen LogP contribution is 2.31. The van der Waals surface area contributed by atoms with Crippen LogP contribution in [0.3, 0.4) is 0 Å². The lowest BCUT2D eigenvalue weighted by atomic mass is 10.1. The molecule has 0 saturated heterocycles. The van der Waals surface area contributed by atoms with Crippen LogP contribution < -0.4 is 11.1 Å². The smallest absolute Gasteiger partial charge is 0.349 e. The summed E-state index contributed by atoms with van der Waals surface area (Å²) in [4.78, 5) is 35.9. The fourth-order valence-electron chi connectivity index (χ4n) is 2.33. The Labute approximate surface area is 151 Å². The molecule has 8 heteroatoms. The molecule has 0 spiro atoms. The first-order chi connectivity index (χ1) is 12.0. The first-order valence-corrected chi connectivity index (χ1v) is 8.99. The van der Waals surface area contributed by atoms with E-state index in [0.717, 1.165) is 15.6 Å². The van der Waals surface area contributed by atoms with Gasteiger partial charge in [-0.2, -0.15) is 0 Å². The third-order valence-electron chi connectivity index (χ3n) is 3.55. The van der Waals surface area contributed by atoms with Gasteiger partial charge < -0.3 is 15.8 Å². The third-order valence-corrected chi connectivity index (χ3v) is 5.63. The van der Waals surface area contributed by atoms with Crippen LogP contribution in [0.2, 0.25) is 0 Å². The maximum absolute atomic E-state index is 12.3. The molecule has 2 aromatic heterocycles. The van der Waals surface area contributed by atoms with Crippen molar-refractivity contribution in [2.45, 2.75) is 6.92 Å². The molecule has 3 rings (SSSR count). The summed E-state index contributed by atoms with van der Waals surface area (Å²) in [6, 6.07) is 9.20. The van der Waals surface area contributed by atoms with Crippen LogP contribution in [0.1, 0.15) is 25.6 Å². The number of nitrogens with one attached hydrogen (secondary N) is 1. The number of carbonyl (C=O) groups is 3. The molecule has 0 saturated carbocycles. The van der Waals surface area contributed by atoms with E-state index in [4.69, 9.17) is 10.5 Å². The number of esters is 1. The van der Waals surface area contributed by atoms with Crippen LogP contribution >= 0.6 is 22.7 Å². The normalized spacial score (nSPS) is 10.6. The number of anilines is 1. The van der Waals surface area contributed by atoms with Gasteiger partial charge >= 0.3 is 5.97 Å². The second kappa shape index (κ2) is 7.04. The molecule has 25 heavy (non-hydrogen) atoms. The number of nitrogens with two attached hydrogens (primary N) is 1. The van der Waals surface area contributed by atoms with Crippen LogP contribution in [0.15, 0.2) is 35.7 Å². The minimum absolute atomic E-state index is 0.227. The Hall–Kier alpha value is -2.71. The van der Waals surface area contributed by atoms with Crippen molar-refractivity contribution in [1.82, 2.24) is 0 Å². The van der Waals surface area contributed by atoms with Gasteiger partial charge in [-0.25, -0.2) is 4.79 Å². The minimum atomic E-state index is -0.630. The lowest BCUT2D eigenvalue weighted by Crippen LogP contribution is -2.22. The summed E-state index contributed by atoms with van der Waals surface area (Å²) in [7, 11) is 0. The third kappa shape index (κ3) is 3.54. The van der Waals surface area contributed by atoms with Crippen molar-refractivity contribution in [2.24, 2.45) is 5.73 Å². The molecule has 0 radical (unpaired) electrons. The van der Waals surface area contributed by atoms with Crippen LogP contribution in [0.5, 0.6) is 0 Å². The molecule has 1 aromatic carbocycles. The average Bonchev–Trinajstić information content (AvgIpc) is 3.18. The number of aryl methyl sites for hydroxylation is 1. The minimum Gasteiger partial charge on any atom is -0.451 e. The van der Waals surface area contributed by atoms with E-state index in [1.54, 1.807) is 5.38 Å². The fourth-order valence-corrected chi connectivity index (χ4v) is 4.24. The van der Waals surface area contributed by atoms with Gasteiger partial charge in [-0.1, -0.05) is 18.2 Å². The summed E-state index contributed by atoms with van der Waals surface area (Å²) in [5, 5.41) is 5.50. The van der Waals surface area contributed by atoms with Crippen molar-refractivity contribution in [3.63, 3.8) is 0 Å². The van der Waals surface area contributed by atoms with Gasteiger partial charge in [0.05, 0.1) is 5.56 Å². The SMILES string of the molecule is Cc1c(C(=O)OCC(=O)Nc2sccc2C(N)=O)sc2ccccc12. The van der Waals surface area contributed by atoms with Crippen molar-refractivity contribution < 1.29 is 19.1 Å². The molecule has 0 aliphatic rings. The maximum Gasteiger partial charge on any atom is 0.349 e. The van der Waals surface area contributed by atoms with E-state index in [1.165, 1.54) is 28.7 Å². The fraction of sp³-hybridized carbons (Fsp3) is 0.118. The lowest BCUT2D eigenvalue weighted by Gasteiger charge is -2.06. The Kier molecular flexibility index (Phi) is 4.82. The Morgan fingerprint density at radius 3 is 2.68 bits per heavy atom. The molecule has 2 heterocycles. The quantitative estimate of drug-likeness (QED) is 0.670. The van der Waals surface area contributed by atoms with Crippen molar-refractivity contribution in [3.8, 4) is 0 Å². The van der Waals surface area contributed by atoms with Gasteiger partial charge in [-0.05, 0) is 35.4 Å². The highest BCUT2D eigenvalue weighted by molar-refractivity contribution is 7.21. The topological polar surface area (TPSA) is 98.5 Å². The molecule has 2 amide bonds. The van der Waals surface area contributed by atoms with E-state index in [1.807, 2.05) is 31.2 Å². The summed E-state index contributed by atoms with van der Waals surface area (Å²) in [5.74, 6) is -1.71. The van der Waals surface area contributed by atoms with Gasteiger partial charge in [0, 0.05) is 4.70 Å². The molecule has 3 aromatic rings. The number of primary amides is 1. The largest absolute Gasteiger partial charge is 0.451 e. The summed E-state index contributed by atoms with van der Waals surface area (Å²) in [5.41, 5.74) is 6.28. The second-order valence-electron chi connectivity index (χ2n) is 5.20. The number of benzene rings is 1. The van der Waals surface area contributed by atoms with Gasteiger partial charge in [-0.15, -0.1) is 22.7 Å². The maximum atomic E-state index is 12.3. The number of fused-ring (bicyclic) bond motifs is 1. The summed E-state index contributed by atoms with van der Waals surface area (Å²) in [6.07, 6.45) is 0. The summed E-state index contributed by atoms with van der Waals surface area (Å²) < 4.78 is 6.08. The van der Waals surface area contributed by atoms with Crippen molar-refractivity contribution >= 4 is 55.5 Å². The molecule has 0 fully saturated rings. The van der Waals surface area contributed by atoms with Crippen LogP contribution in [0.4, 0.5) is 5.00 Å².